The fourth-order valence-corrected chi connectivity index (χ4v) is 1.63. The summed E-state index contributed by atoms with van der Waals surface area (Å²) < 4.78 is 5.29. The van der Waals surface area contributed by atoms with Crippen molar-refractivity contribution in [3.63, 3.8) is 0 Å². The summed E-state index contributed by atoms with van der Waals surface area (Å²) in [6, 6.07) is 0. The molecule has 1 aliphatic heterocycles. The summed E-state index contributed by atoms with van der Waals surface area (Å²) in [5.74, 6) is 0.662. The Morgan fingerprint density at radius 3 is 2.47 bits per heavy atom. The van der Waals surface area contributed by atoms with Gasteiger partial charge < -0.3 is 4.74 Å². The van der Waals surface area contributed by atoms with Crippen molar-refractivity contribution in [2.24, 2.45) is 5.92 Å². The summed E-state index contributed by atoms with van der Waals surface area (Å²) >= 11 is 0. The molecular formula is C11H22N2O2. The van der Waals surface area contributed by atoms with Gasteiger partial charge in [0.1, 0.15) is 5.60 Å². The summed E-state index contributed by atoms with van der Waals surface area (Å²) in [6.45, 7) is 9.72. The number of ether oxygens (including phenoxy) is 1. The first kappa shape index (κ1) is 12.3. The summed E-state index contributed by atoms with van der Waals surface area (Å²) in [4.78, 5) is 11.7. The van der Waals surface area contributed by atoms with Crippen molar-refractivity contribution in [2.75, 3.05) is 20.1 Å². The quantitative estimate of drug-likeness (QED) is 0.670. The summed E-state index contributed by atoms with van der Waals surface area (Å²) in [5.41, 5.74) is -0.420. The van der Waals surface area contributed by atoms with Gasteiger partial charge in [0.15, 0.2) is 0 Å². The SMILES string of the molecule is CC1CCN(N(C)C(=O)OC(C)(C)C)C1. The second-order valence-electron chi connectivity index (χ2n) is 5.31. The highest BCUT2D eigenvalue weighted by Crippen LogP contribution is 2.18. The third kappa shape index (κ3) is 3.70. The molecule has 15 heavy (non-hydrogen) atoms. The van der Waals surface area contributed by atoms with Crippen LogP contribution in [0.25, 0.3) is 0 Å². The van der Waals surface area contributed by atoms with Gasteiger partial charge in [0, 0.05) is 20.1 Å². The van der Waals surface area contributed by atoms with Crippen LogP contribution in [0.4, 0.5) is 4.79 Å². The van der Waals surface area contributed by atoms with Gasteiger partial charge in [0.2, 0.25) is 0 Å². The Morgan fingerprint density at radius 1 is 1.47 bits per heavy atom. The molecule has 4 heteroatoms. The van der Waals surface area contributed by atoms with E-state index in [0.717, 1.165) is 19.5 Å². The predicted octanol–water partition coefficient (Wildman–Crippen LogP) is 2.11. The van der Waals surface area contributed by atoms with Gasteiger partial charge >= 0.3 is 6.09 Å². The predicted molar refractivity (Wildman–Crippen MR) is 59.4 cm³/mol. The molecule has 0 aromatic carbocycles. The number of hydrazine groups is 1. The van der Waals surface area contributed by atoms with Crippen LogP contribution in [0.3, 0.4) is 0 Å². The molecule has 0 spiro atoms. The van der Waals surface area contributed by atoms with E-state index in [1.54, 1.807) is 12.1 Å². The normalized spacial score (nSPS) is 22.9. The zero-order valence-electron chi connectivity index (χ0n) is 10.4. The molecule has 0 aliphatic carbocycles. The molecule has 88 valence electrons. The number of hydrogen-bond donors (Lipinski definition) is 0. The topological polar surface area (TPSA) is 32.8 Å². The van der Waals surface area contributed by atoms with E-state index >= 15 is 0 Å². The molecule has 0 bridgehead atoms. The lowest BCUT2D eigenvalue weighted by atomic mass is 10.2. The highest BCUT2D eigenvalue weighted by atomic mass is 16.6. The van der Waals surface area contributed by atoms with Gasteiger partial charge in [-0.2, -0.15) is 0 Å². The third-order valence-electron chi connectivity index (χ3n) is 2.48. The van der Waals surface area contributed by atoms with Crippen molar-refractivity contribution in [3.8, 4) is 0 Å². The van der Waals surface area contributed by atoms with Crippen molar-refractivity contribution in [2.45, 2.75) is 39.7 Å². The van der Waals surface area contributed by atoms with E-state index < -0.39 is 5.60 Å². The van der Waals surface area contributed by atoms with Crippen LogP contribution in [-0.2, 0) is 4.74 Å². The van der Waals surface area contributed by atoms with Crippen LogP contribution in [0.2, 0.25) is 0 Å². The van der Waals surface area contributed by atoms with Gasteiger partial charge in [-0.1, -0.05) is 6.92 Å². The van der Waals surface area contributed by atoms with Crippen molar-refractivity contribution in [3.05, 3.63) is 0 Å². The molecule has 0 aromatic rings. The van der Waals surface area contributed by atoms with E-state index in [0.29, 0.717) is 5.92 Å². The van der Waals surface area contributed by atoms with Gasteiger partial charge in [0.25, 0.3) is 0 Å². The molecule has 4 nitrogen and oxygen atoms in total. The molecule has 1 fully saturated rings. The summed E-state index contributed by atoms with van der Waals surface area (Å²) in [7, 11) is 1.77. The molecule has 1 unspecified atom stereocenters. The van der Waals surface area contributed by atoms with Crippen molar-refractivity contribution < 1.29 is 9.53 Å². The Morgan fingerprint density at radius 2 is 2.07 bits per heavy atom. The first-order valence-corrected chi connectivity index (χ1v) is 5.51. The minimum Gasteiger partial charge on any atom is -0.443 e. The highest BCUT2D eigenvalue weighted by molar-refractivity contribution is 5.67. The monoisotopic (exact) mass is 214 g/mol. The zero-order valence-corrected chi connectivity index (χ0v) is 10.4. The van der Waals surface area contributed by atoms with Gasteiger partial charge in [-0.3, -0.25) is 0 Å². The van der Waals surface area contributed by atoms with Crippen molar-refractivity contribution >= 4 is 6.09 Å². The number of hydrogen-bond acceptors (Lipinski definition) is 3. The van der Waals surface area contributed by atoms with Gasteiger partial charge in [0.05, 0.1) is 0 Å². The van der Waals surface area contributed by atoms with Crippen LogP contribution in [-0.4, -0.2) is 41.8 Å². The maximum atomic E-state index is 11.7. The van der Waals surface area contributed by atoms with Gasteiger partial charge in [-0.25, -0.2) is 14.8 Å². The molecule has 0 N–H and O–H groups in total. The largest absolute Gasteiger partial charge is 0.443 e. The summed E-state index contributed by atoms with van der Waals surface area (Å²) in [5, 5.41) is 3.63. The Balaban J connectivity index is 2.46. The van der Waals surface area contributed by atoms with Gasteiger partial charge in [-0.15, -0.1) is 0 Å². The fourth-order valence-electron chi connectivity index (χ4n) is 1.63. The maximum absolute atomic E-state index is 11.7. The van der Waals surface area contributed by atoms with Crippen LogP contribution in [0.1, 0.15) is 34.1 Å². The smallest absolute Gasteiger partial charge is 0.424 e. The zero-order chi connectivity index (χ0) is 11.6. The highest BCUT2D eigenvalue weighted by Gasteiger charge is 2.28. The Labute approximate surface area is 92.1 Å². The molecule has 1 amide bonds. The van der Waals surface area contributed by atoms with E-state index in [2.05, 4.69) is 6.92 Å². The molecule has 1 atom stereocenters. The standard InChI is InChI=1S/C11H22N2O2/c1-9-6-7-13(8-9)12(5)10(14)15-11(2,3)4/h9H,6-8H2,1-5H3. The molecule has 1 rings (SSSR count). The molecule has 1 aliphatic rings. The van der Waals surface area contributed by atoms with Crippen LogP contribution in [0.15, 0.2) is 0 Å². The van der Waals surface area contributed by atoms with E-state index in [9.17, 15) is 4.79 Å². The number of rotatable bonds is 1. The average molecular weight is 214 g/mol. The Bertz CT molecular complexity index is 235. The minimum absolute atomic E-state index is 0.267. The number of amides is 1. The van der Waals surface area contributed by atoms with E-state index in [4.69, 9.17) is 4.74 Å². The van der Waals surface area contributed by atoms with E-state index in [1.165, 1.54) is 0 Å². The fraction of sp³-hybridized carbons (Fsp3) is 0.909. The number of carbonyl (C=O) groups excluding carboxylic acids is 1. The lowest BCUT2D eigenvalue weighted by Crippen LogP contribution is -2.44. The molecule has 1 saturated heterocycles. The lowest BCUT2D eigenvalue weighted by Gasteiger charge is -2.30. The van der Waals surface area contributed by atoms with E-state index in [-0.39, 0.29) is 6.09 Å². The molecule has 0 radical (unpaired) electrons. The second-order valence-corrected chi connectivity index (χ2v) is 5.31. The number of carbonyl (C=O) groups is 1. The first-order valence-electron chi connectivity index (χ1n) is 5.51. The average Bonchev–Trinajstić information content (AvgIpc) is 2.47. The van der Waals surface area contributed by atoms with Crippen LogP contribution in [0.5, 0.6) is 0 Å². The third-order valence-corrected chi connectivity index (χ3v) is 2.48. The van der Waals surface area contributed by atoms with Crippen LogP contribution < -0.4 is 0 Å². The minimum atomic E-state index is -0.420. The van der Waals surface area contributed by atoms with Crippen LogP contribution in [0, 0.1) is 5.92 Å². The number of nitrogens with zero attached hydrogens (tertiary/aromatic N) is 2. The van der Waals surface area contributed by atoms with Crippen LogP contribution >= 0.6 is 0 Å². The van der Waals surface area contributed by atoms with Crippen molar-refractivity contribution in [1.29, 1.82) is 0 Å². The Hall–Kier alpha value is -0.770. The second kappa shape index (κ2) is 4.39. The van der Waals surface area contributed by atoms with Crippen molar-refractivity contribution in [1.82, 2.24) is 10.0 Å². The van der Waals surface area contributed by atoms with Gasteiger partial charge in [-0.05, 0) is 33.1 Å². The molecule has 1 heterocycles. The van der Waals surface area contributed by atoms with E-state index in [1.807, 2.05) is 25.8 Å². The Kier molecular flexibility index (Phi) is 3.60. The molecule has 0 aromatic heterocycles. The lowest BCUT2D eigenvalue weighted by molar-refractivity contribution is -0.0285. The maximum Gasteiger partial charge on any atom is 0.424 e. The molecule has 0 saturated carbocycles. The summed E-state index contributed by atoms with van der Waals surface area (Å²) in [6.07, 6.45) is 0.879. The first-order chi connectivity index (χ1) is 6.79. The molecular weight excluding hydrogens is 192 g/mol.